The van der Waals surface area contributed by atoms with Crippen molar-refractivity contribution in [3.05, 3.63) is 83.9 Å². The van der Waals surface area contributed by atoms with Crippen molar-refractivity contribution in [3.63, 3.8) is 0 Å². The summed E-state index contributed by atoms with van der Waals surface area (Å²) in [6.07, 6.45) is -4.63. The lowest BCUT2D eigenvalue weighted by atomic mass is 9.96. The molecule has 3 aromatic rings. The van der Waals surface area contributed by atoms with E-state index in [0.29, 0.717) is 0 Å². The molecule has 0 saturated carbocycles. The molecule has 0 aliphatic carbocycles. The summed E-state index contributed by atoms with van der Waals surface area (Å²) < 4.78 is 101. The highest BCUT2D eigenvalue weighted by atomic mass is 19.4. The number of ether oxygens (including phenoxy) is 1. The first kappa shape index (κ1) is 22.4. The van der Waals surface area contributed by atoms with E-state index in [4.69, 9.17) is 4.74 Å². The third-order valence-electron chi connectivity index (χ3n) is 4.61. The molecule has 8 heteroatoms. The molecule has 0 amide bonds. The van der Waals surface area contributed by atoms with E-state index in [9.17, 15) is 30.7 Å². The van der Waals surface area contributed by atoms with E-state index < -0.39 is 46.1 Å². The zero-order valence-corrected chi connectivity index (χ0v) is 16.1. The van der Waals surface area contributed by atoms with E-state index in [0.717, 1.165) is 36.4 Å². The summed E-state index contributed by atoms with van der Waals surface area (Å²) in [4.78, 5) is 0. The fourth-order valence-corrected chi connectivity index (χ4v) is 3.00. The van der Waals surface area contributed by atoms with E-state index in [1.807, 2.05) is 0 Å². The molecule has 0 aliphatic rings. The van der Waals surface area contributed by atoms with Gasteiger partial charge in [-0.05, 0) is 30.2 Å². The van der Waals surface area contributed by atoms with Gasteiger partial charge in [0.2, 0.25) is 5.82 Å². The Morgan fingerprint density at radius 2 is 1.23 bits per heavy atom. The van der Waals surface area contributed by atoms with E-state index in [2.05, 4.69) is 6.58 Å². The molecule has 0 aromatic heterocycles. The molecule has 3 aromatic carbocycles. The first-order valence-corrected chi connectivity index (χ1v) is 9.02. The van der Waals surface area contributed by atoms with Gasteiger partial charge in [0.1, 0.15) is 0 Å². The quantitative estimate of drug-likeness (QED) is 0.372. The van der Waals surface area contributed by atoms with Crippen LogP contribution in [0.3, 0.4) is 0 Å². The topological polar surface area (TPSA) is 9.23 Å². The number of rotatable bonds is 5. The maximum Gasteiger partial charge on any atom is 0.416 e. The SMILES string of the molecule is C=C(c1ccc(-c2ccc(-c3ccc(OCC)c(F)c3F)c(F)c2F)cc1)C(F)(F)F. The standard InChI is InChI=1S/C23H15F7O/c1-3-31-18-11-10-17(21(26)22(18)27)16-9-8-15(19(24)20(16)25)14-6-4-13(5-7-14)12(2)23(28,29)30/h4-11H,2-3H2,1H3. The number of alkyl halides is 3. The number of allylic oxidation sites excluding steroid dienone is 1. The Hall–Kier alpha value is -3.29. The summed E-state index contributed by atoms with van der Waals surface area (Å²) in [5.74, 6) is -5.87. The van der Waals surface area contributed by atoms with Crippen LogP contribution in [0.1, 0.15) is 12.5 Å². The molecule has 0 saturated heterocycles. The summed E-state index contributed by atoms with van der Waals surface area (Å²) >= 11 is 0. The van der Waals surface area contributed by atoms with Crippen molar-refractivity contribution in [1.82, 2.24) is 0 Å². The maximum absolute atomic E-state index is 14.7. The lowest BCUT2D eigenvalue weighted by Gasteiger charge is -2.13. The summed E-state index contributed by atoms with van der Waals surface area (Å²) in [5, 5.41) is 0. The largest absolute Gasteiger partial charge is 0.491 e. The first-order valence-electron chi connectivity index (χ1n) is 9.02. The Bertz CT molecular complexity index is 1130. The van der Waals surface area contributed by atoms with Crippen molar-refractivity contribution >= 4 is 5.57 Å². The van der Waals surface area contributed by atoms with Crippen LogP contribution in [-0.4, -0.2) is 12.8 Å². The van der Waals surface area contributed by atoms with Gasteiger partial charge >= 0.3 is 6.18 Å². The van der Waals surface area contributed by atoms with Crippen LogP contribution in [0.2, 0.25) is 0 Å². The van der Waals surface area contributed by atoms with Gasteiger partial charge in [0, 0.05) is 16.7 Å². The molecule has 162 valence electrons. The Balaban J connectivity index is 2.00. The second-order valence-corrected chi connectivity index (χ2v) is 6.51. The molecular weight excluding hydrogens is 425 g/mol. The highest BCUT2D eigenvalue weighted by Crippen LogP contribution is 2.37. The van der Waals surface area contributed by atoms with Crippen LogP contribution in [0, 0.1) is 23.3 Å². The minimum Gasteiger partial charge on any atom is -0.491 e. The van der Waals surface area contributed by atoms with E-state index in [1.54, 1.807) is 6.92 Å². The molecule has 1 nitrogen and oxygen atoms in total. The molecule has 0 heterocycles. The summed E-state index contributed by atoms with van der Waals surface area (Å²) in [6.45, 7) is 4.63. The Labute approximate surface area is 173 Å². The first-order chi connectivity index (χ1) is 14.6. The van der Waals surface area contributed by atoms with Crippen LogP contribution < -0.4 is 4.74 Å². The number of hydrogen-bond acceptors (Lipinski definition) is 1. The summed E-state index contributed by atoms with van der Waals surface area (Å²) in [5.41, 5.74) is -2.46. The molecular formula is C23H15F7O. The van der Waals surface area contributed by atoms with Gasteiger partial charge in [-0.3, -0.25) is 0 Å². The lowest BCUT2D eigenvalue weighted by Crippen LogP contribution is -2.09. The minimum absolute atomic E-state index is 0.0858. The Morgan fingerprint density at radius 3 is 1.77 bits per heavy atom. The average Bonchev–Trinajstić information content (AvgIpc) is 2.73. The molecule has 0 radical (unpaired) electrons. The molecule has 0 atom stereocenters. The Kier molecular flexibility index (Phi) is 6.10. The molecule has 0 bridgehead atoms. The van der Waals surface area contributed by atoms with E-state index >= 15 is 0 Å². The van der Waals surface area contributed by atoms with Crippen LogP contribution in [0.5, 0.6) is 5.75 Å². The second kappa shape index (κ2) is 8.45. The van der Waals surface area contributed by atoms with Gasteiger partial charge in [0.15, 0.2) is 23.2 Å². The predicted molar refractivity (Wildman–Crippen MR) is 103 cm³/mol. The van der Waals surface area contributed by atoms with Gasteiger partial charge in [-0.15, -0.1) is 0 Å². The fraction of sp³-hybridized carbons (Fsp3) is 0.130. The molecule has 0 aliphatic heterocycles. The fourth-order valence-electron chi connectivity index (χ4n) is 3.00. The maximum atomic E-state index is 14.7. The van der Waals surface area contributed by atoms with Gasteiger partial charge in [-0.1, -0.05) is 43.0 Å². The van der Waals surface area contributed by atoms with Crippen molar-refractivity contribution in [2.24, 2.45) is 0 Å². The molecule has 0 spiro atoms. The summed E-state index contributed by atoms with van der Waals surface area (Å²) in [7, 11) is 0. The van der Waals surface area contributed by atoms with Crippen molar-refractivity contribution in [2.45, 2.75) is 13.1 Å². The molecule has 0 unspecified atom stereocenters. The van der Waals surface area contributed by atoms with E-state index in [-0.39, 0.29) is 29.0 Å². The van der Waals surface area contributed by atoms with Crippen molar-refractivity contribution in [3.8, 4) is 28.0 Å². The zero-order valence-electron chi connectivity index (χ0n) is 16.1. The van der Waals surface area contributed by atoms with Gasteiger partial charge < -0.3 is 4.74 Å². The third-order valence-corrected chi connectivity index (χ3v) is 4.61. The van der Waals surface area contributed by atoms with Crippen LogP contribution in [0.4, 0.5) is 30.7 Å². The van der Waals surface area contributed by atoms with Gasteiger partial charge in [0.25, 0.3) is 0 Å². The Morgan fingerprint density at radius 1 is 0.742 bits per heavy atom. The molecule has 0 fully saturated rings. The van der Waals surface area contributed by atoms with Crippen LogP contribution in [0.25, 0.3) is 27.8 Å². The van der Waals surface area contributed by atoms with Crippen molar-refractivity contribution in [1.29, 1.82) is 0 Å². The lowest BCUT2D eigenvalue weighted by molar-refractivity contribution is -0.0686. The van der Waals surface area contributed by atoms with Crippen LogP contribution in [-0.2, 0) is 0 Å². The van der Waals surface area contributed by atoms with Gasteiger partial charge in [0.05, 0.1) is 12.2 Å². The van der Waals surface area contributed by atoms with Crippen LogP contribution in [0.15, 0.2) is 55.1 Å². The number of halogens is 7. The number of benzene rings is 3. The summed E-state index contributed by atoms with van der Waals surface area (Å²) in [6, 6.07) is 8.90. The molecule has 3 rings (SSSR count). The smallest absolute Gasteiger partial charge is 0.416 e. The molecule has 31 heavy (non-hydrogen) atoms. The van der Waals surface area contributed by atoms with Crippen molar-refractivity contribution in [2.75, 3.05) is 6.61 Å². The number of hydrogen-bond donors (Lipinski definition) is 0. The van der Waals surface area contributed by atoms with Gasteiger partial charge in [-0.25, -0.2) is 13.2 Å². The minimum atomic E-state index is -4.63. The van der Waals surface area contributed by atoms with Crippen molar-refractivity contribution < 1.29 is 35.5 Å². The average molecular weight is 440 g/mol. The molecule has 0 N–H and O–H groups in total. The second-order valence-electron chi connectivity index (χ2n) is 6.51. The van der Waals surface area contributed by atoms with Gasteiger partial charge in [-0.2, -0.15) is 17.6 Å². The third kappa shape index (κ3) is 4.28. The highest BCUT2D eigenvalue weighted by molar-refractivity contribution is 5.75. The normalized spacial score (nSPS) is 11.5. The highest BCUT2D eigenvalue weighted by Gasteiger charge is 2.32. The van der Waals surface area contributed by atoms with E-state index in [1.165, 1.54) is 12.1 Å². The predicted octanol–water partition coefficient (Wildman–Crippen LogP) is 7.55. The monoisotopic (exact) mass is 440 g/mol. The van der Waals surface area contributed by atoms with Crippen LogP contribution >= 0.6 is 0 Å². The zero-order chi connectivity index (χ0) is 22.9.